The van der Waals surface area contributed by atoms with Crippen molar-refractivity contribution in [2.45, 2.75) is 0 Å². The van der Waals surface area contributed by atoms with Crippen LogP contribution in [0.3, 0.4) is 0 Å². The first kappa shape index (κ1) is 14.7. The number of aromatic nitrogens is 1. The molecule has 1 amide bonds. The smallest absolute Gasteiger partial charge is 0.248 e. The Labute approximate surface area is 142 Å². The van der Waals surface area contributed by atoms with Gasteiger partial charge in [-0.1, -0.05) is 30.3 Å². The van der Waals surface area contributed by atoms with Gasteiger partial charge in [-0.25, -0.2) is 4.98 Å². The van der Waals surface area contributed by atoms with E-state index in [1.807, 2.05) is 60.7 Å². The minimum atomic E-state index is -0.169. The molecule has 0 saturated heterocycles. The van der Waals surface area contributed by atoms with Crippen LogP contribution in [0, 0.1) is 3.57 Å². The highest BCUT2D eigenvalue weighted by Gasteiger charge is 1.99. The van der Waals surface area contributed by atoms with E-state index in [2.05, 4.69) is 32.9 Å². The van der Waals surface area contributed by atoms with Gasteiger partial charge in [0.1, 0.15) is 0 Å². The van der Waals surface area contributed by atoms with Crippen LogP contribution in [-0.4, -0.2) is 10.9 Å². The molecule has 1 heterocycles. The maximum Gasteiger partial charge on any atom is 0.248 e. The summed E-state index contributed by atoms with van der Waals surface area (Å²) in [5.41, 5.74) is 2.46. The summed E-state index contributed by atoms with van der Waals surface area (Å²) in [6.07, 6.45) is 3.21. The van der Waals surface area contributed by atoms with Crippen LogP contribution in [0.5, 0.6) is 0 Å². The van der Waals surface area contributed by atoms with Crippen LogP contribution >= 0.6 is 22.6 Å². The van der Waals surface area contributed by atoms with Crippen LogP contribution in [0.2, 0.25) is 0 Å². The summed E-state index contributed by atoms with van der Waals surface area (Å²) in [4.78, 5) is 16.4. The molecule has 0 saturated carbocycles. The average molecular weight is 400 g/mol. The Morgan fingerprint density at radius 3 is 2.77 bits per heavy atom. The Morgan fingerprint density at radius 1 is 1.05 bits per heavy atom. The van der Waals surface area contributed by atoms with Crippen LogP contribution in [0.15, 0.2) is 66.7 Å². The van der Waals surface area contributed by atoms with E-state index in [0.29, 0.717) is 0 Å². The van der Waals surface area contributed by atoms with Gasteiger partial charge in [-0.3, -0.25) is 4.79 Å². The van der Waals surface area contributed by atoms with E-state index in [1.54, 1.807) is 6.08 Å². The molecule has 0 aliphatic rings. The van der Waals surface area contributed by atoms with Crippen molar-refractivity contribution in [3.8, 4) is 0 Å². The lowest BCUT2D eigenvalue weighted by molar-refractivity contribution is -0.111. The number of nitrogens with one attached hydrogen (secondary N) is 1. The zero-order valence-corrected chi connectivity index (χ0v) is 13.8. The number of benzene rings is 2. The average Bonchev–Trinajstić information content (AvgIpc) is 2.53. The number of fused-ring (bicyclic) bond motifs is 1. The Morgan fingerprint density at radius 2 is 1.91 bits per heavy atom. The standard InChI is InChI=1S/C18H13IN2O/c19-14-5-3-6-16(12-14)21-18(22)11-10-15-9-8-13-4-1-2-7-17(13)20-15/h1-12H,(H,21,22)/b11-10+. The monoisotopic (exact) mass is 400 g/mol. The van der Waals surface area contributed by atoms with Gasteiger partial charge in [-0.2, -0.15) is 0 Å². The van der Waals surface area contributed by atoms with Gasteiger partial charge in [-0.15, -0.1) is 0 Å². The first-order valence-corrected chi connectivity index (χ1v) is 7.89. The lowest BCUT2D eigenvalue weighted by Crippen LogP contribution is -2.07. The molecule has 3 rings (SSSR count). The van der Waals surface area contributed by atoms with Crippen LogP contribution in [0.25, 0.3) is 17.0 Å². The van der Waals surface area contributed by atoms with Gasteiger partial charge in [0.2, 0.25) is 5.91 Å². The summed E-state index contributed by atoms with van der Waals surface area (Å²) in [5, 5.41) is 3.92. The molecule has 0 aliphatic carbocycles. The number of halogens is 1. The highest BCUT2D eigenvalue weighted by molar-refractivity contribution is 14.1. The predicted molar refractivity (Wildman–Crippen MR) is 98.6 cm³/mol. The minimum absolute atomic E-state index is 0.169. The molecule has 2 aromatic carbocycles. The van der Waals surface area contributed by atoms with Gasteiger partial charge in [0, 0.05) is 20.7 Å². The highest BCUT2D eigenvalue weighted by atomic mass is 127. The Hall–Kier alpha value is -2.21. The Bertz CT molecular complexity index is 858. The molecule has 3 aromatic rings. The molecule has 1 N–H and O–H groups in total. The maximum atomic E-state index is 11.9. The molecule has 0 bridgehead atoms. The number of rotatable bonds is 3. The van der Waals surface area contributed by atoms with Crippen LogP contribution in [0.1, 0.15) is 5.69 Å². The van der Waals surface area contributed by atoms with Crippen molar-refractivity contribution in [3.05, 3.63) is 76.0 Å². The van der Waals surface area contributed by atoms with E-state index in [4.69, 9.17) is 0 Å². The molecule has 22 heavy (non-hydrogen) atoms. The minimum Gasteiger partial charge on any atom is -0.322 e. The molecule has 0 fully saturated rings. The van der Waals surface area contributed by atoms with Crippen molar-refractivity contribution >= 4 is 51.2 Å². The van der Waals surface area contributed by atoms with Gasteiger partial charge >= 0.3 is 0 Å². The third-order valence-electron chi connectivity index (χ3n) is 3.12. The van der Waals surface area contributed by atoms with Crippen molar-refractivity contribution in [3.63, 3.8) is 0 Å². The number of nitrogens with zero attached hydrogens (tertiary/aromatic N) is 1. The molecule has 0 aliphatic heterocycles. The van der Waals surface area contributed by atoms with Gasteiger partial charge in [0.15, 0.2) is 0 Å². The number of hydrogen-bond acceptors (Lipinski definition) is 2. The molecule has 0 unspecified atom stereocenters. The fourth-order valence-corrected chi connectivity index (χ4v) is 2.63. The number of pyridine rings is 1. The third-order valence-corrected chi connectivity index (χ3v) is 3.79. The van der Waals surface area contributed by atoms with Crippen molar-refractivity contribution in [2.75, 3.05) is 5.32 Å². The van der Waals surface area contributed by atoms with Gasteiger partial charge in [0.05, 0.1) is 11.2 Å². The molecular weight excluding hydrogens is 387 g/mol. The largest absolute Gasteiger partial charge is 0.322 e. The van der Waals surface area contributed by atoms with Crippen molar-refractivity contribution in [2.24, 2.45) is 0 Å². The summed E-state index contributed by atoms with van der Waals surface area (Å²) >= 11 is 2.21. The number of carbonyl (C=O) groups is 1. The second-order valence-corrected chi connectivity index (χ2v) is 6.01. The predicted octanol–water partition coefficient (Wildman–Crippen LogP) is 4.49. The molecule has 1 aromatic heterocycles. The number of para-hydroxylation sites is 1. The number of hydrogen-bond donors (Lipinski definition) is 1. The topological polar surface area (TPSA) is 42.0 Å². The summed E-state index contributed by atoms with van der Waals surface area (Å²) < 4.78 is 1.08. The maximum absolute atomic E-state index is 11.9. The van der Waals surface area contributed by atoms with Crippen LogP contribution < -0.4 is 5.32 Å². The fourth-order valence-electron chi connectivity index (χ4n) is 2.09. The zero-order chi connectivity index (χ0) is 15.4. The third kappa shape index (κ3) is 3.71. The molecule has 0 spiro atoms. The van der Waals surface area contributed by atoms with Crippen molar-refractivity contribution in [1.29, 1.82) is 0 Å². The fraction of sp³-hybridized carbons (Fsp3) is 0. The van der Waals surface area contributed by atoms with E-state index >= 15 is 0 Å². The summed E-state index contributed by atoms with van der Waals surface area (Å²) in [5.74, 6) is -0.169. The van der Waals surface area contributed by atoms with E-state index < -0.39 is 0 Å². The summed E-state index contributed by atoms with van der Waals surface area (Å²) in [6.45, 7) is 0. The molecule has 0 atom stereocenters. The van der Waals surface area contributed by atoms with E-state index in [-0.39, 0.29) is 5.91 Å². The molecular formula is C18H13IN2O. The summed E-state index contributed by atoms with van der Waals surface area (Å²) in [7, 11) is 0. The van der Waals surface area contributed by atoms with E-state index in [9.17, 15) is 4.79 Å². The van der Waals surface area contributed by atoms with Crippen LogP contribution in [0.4, 0.5) is 5.69 Å². The molecule has 4 heteroatoms. The van der Waals surface area contributed by atoms with Gasteiger partial charge < -0.3 is 5.32 Å². The second kappa shape index (κ2) is 6.70. The van der Waals surface area contributed by atoms with Crippen LogP contribution in [-0.2, 0) is 4.79 Å². The van der Waals surface area contributed by atoms with Gasteiger partial charge in [0.25, 0.3) is 0 Å². The van der Waals surface area contributed by atoms with Gasteiger partial charge in [-0.05, 0) is 59.0 Å². The SMILES string of the molecule is O=C(/C=C/c1ccc2ccccc2n1)Nc1cccc(I)c1. The Balaban J connectivity index is 1.73. The number of amides is 1. The number of carbonyl (C=O) groups excluding carboxylic acids is 1. The zero-order valence-electron chi connectivity index (χ0n) is 11.7. The highest BCUT2D eigenvalue weighted by Crippen LogP contribution is 2.14. The summed E-state index contributed by atoms with van der Waals surface area (Å²) in [6, 6.07) is 19.5. The second-order valence-electron chi connectivity index (χ2n) is 4.76. The molecule has 3 nitrogen and oxygen atoms in total. The number of anilines is 1. The van der Waals surface area contributed by atoms with E-state index in [1.165, 1.54) is 6.08 Å². The van der Waals surface area contributed by atoms with Crippen molar-refractivity contribution in [1.82, 2.24) is 4.98 Å². The molecule has 0 radical (unpaired) electrons. The first-order chi connectivity index (χ1) is 10.7. The molecule has 108 valence electrons. The lowest BCUT2D eigenvalue weighted by Gasteiger charge is -2.02. The first-order valence-electron chi connectivity index (χ1n) is 6.81. The van der Waals surface area contributed by atoms with Crippen molar-refractivity contribution < 1.29 is 4.79 Å². The Kier molecular flexibility index (Phi) is 4.48. The lowest BCUT2D eigenvalue weighted by atomic mass is 10.2. The quantitative estimate of drug-likeness (QED) is 0.520. The normalized spacial score (nSPS) is 11.0. The van der Waals surface area contributed by atoms with E-state index in [0.717, 1.165) is 25.9 Å².